The molecule has 0 radical (unpaired) electrons. The Morgan fingerprint density at radius 2 is 1.76 bits per heavy atom. The van der Waals surface area contributed by atoms with Gasteiger partial charge in [-0.1, -0.05) is 17.7 Å². The van der Waals surface area contributed by atoms with Crippen LogP contribution in [0.1, 0.15) is 37.4 Å². The molecule has 4 rings (SSSR count). The highest BCUT2D eigenvalue weighted by atomic mass is 32.2. The molecular formula is C23H30N4O5S. The predicted molar refractivity (Wildman–Crippen MR) is 124 cm³/mol. The number of amides is 1. The second-order valence-corrected chi connectivity index (χ2v) is 10.7. The number of aromatic hydroxyl groups is 1. The lowest BCUT2D eigenvalue weighted by Gasteiger charge is -2.34. The zero-order chi connectivity index (χ0) is 23.8. The van der Waals surface area contributed by atoms with Gasteiger partial charge < -0.3 is 15.2 Å². The third-order valence-electron chi connectivity index (χ3n) is 5.92. The van der Waals surface area contributed by atoms with E-state index in [1.54, 1.807) is 18.2 Å². The standard InChI is InChI=1S/C23H30N4O5S/c1-14-4-9-22(28)19(10-14)20-11-21(26-25-20)23(29)24-17-5-7-18(8-6-17)33(30,31)27-12-15(2)32-16(3)13-27/h4-10,15-16,20-21,25-26,28H,11-13H2,1-3H3,(H,24,29). The Hall–Kier alpha value is -2.50. The maximum Gasteiger partial charge on any atom is 0.243 e. The van der Waals surface area contributed by atoms with Crippen molar-refractivity contribution in [3.8, 4) is 5.75 Å². The normalized spacial score (nSPS) is 26.3. The number of benzene rings is 2. The molecule has 0 aromatic heterocycles. The third-order valence-corrected chi connectivity index (χ3v) is 7.77. The molecule has 2 aliphatic rings. The fraction of sp³-hybridized carbons (Fsp3) is 0.435. The highest BCUT2D eigenvalue weighted by Gasteiger charge is 2.33. The van der Waals surface area contributed by atoms with E-state index in [0.29, 0.717) is 25.2 Å². The number of carbonyl (C=O) groups is 1. The number of morpholine rings is 1. The Kier molecular flexibility index (Phi) is 6.73. The number of hydrogen-bond donors (Lipinski definition) is 4. The maximum atomic E-state index is 13.0. The molecule has 1 amide bonds. The molecule has 2 aromatic rings. The van der Waals surface area contributed by atoms with Crippen molar-refractivity contribution in [1.29, 1.82) is 0 Å². The second kappa shape index (κ2) is 9.40. The number of carbonyl (C=O) groups excluding carboxylic acids is 1. The monoisotopic (exact) mass is 474 g/mol. The quantitative estimate of drug-likeness (QED) is 0.523. The minimum Gasteiger partial charge on any atom is -0.508 e. The molecule has 4 atom stereocenters. The lowest BCUT2D eigenvalue weighted by molar-refractivity contribution is -0.117. The van der Waals surface area contributed by atoms with Crippen LogP contribution in [0.15, 0.2) is 47.4 Å². The second-order valence-electron chi connectivity index (χ2n) is 8.78. The van der Waals surface area contributed by atoms with Crippen LogP contribution >= 0.6 is 0 Å². The summed E-state index contributed by atoms with van der Waals surface area (Å²) in [6.45, 7) is 6.27. The van der Waals surface area contributed by atoms with Crippen LogP contribution in [-0.4, -0.2) is 55.1 Å². The van der Waals surface area contributed by atoms with E-state index in [2.05, 4.69) is 16.2 Å². The Morgan fingerprint density at radius 1 is 1.09 bits per heavy atom. The van der Waals surface area contributed by atoms with E-state index in [1.165, 1.54) is 16.4 Å². The third kappa shape index (κ3) is 5.20. The molecule has 0 aliphatic carbocycles. The Labute approximate surface area is 194 Å². The van der Waals surface area contributed by atoms with Crippen molar-refractivity contribution in [3.05, 3.63) is 53.6 Å². The van der Waals surface area contributed by atoms with E-state index < -0.39 is 16.1 Å². The highest BCUT2D eigenvalue weighted by molar-refractivity contribution is 7.89. The number of aryl methyl sites for hydroxylation is 1. The Balaban J connectivity index is 1.39. The summed E-state index contributed by atoms with van der Waals surface area (Å²) < 4.78 is 33.0. The largest absolute Gasteiger partial charge is 0.508 e. The minimum absolute atomic E-state index is 0.167. The van der Waals surface area contributed by atoms with Crippen LogP contribution in [0, 0.1) is 6.92 Å². The molecule has 2 heterocycles. The average Bonchev–Trinajstić information content (AvgIpc) is 3.25. The molecule has 0 bridgehead atoms. The molecule has 2 aliphatic heterocycles. The van der Waals surface area contributed by atoms with Gasteiger partial charge in [-0.3, -0.25) is 4.79 Å². The summed E-state index contributed by atoms with van der Waals surface area (Å²) in [4.78, 5) is 12.9. The van der Waals surface area contributed by atoms with Crippen LogP contribution in [0.2, 0.25) is 0 Å². The van der Waals surface area contributed by atoms with Gasteiger partial charge in [-0.2, -0.15) is 4.31 Å². The van der Waals surface area contributed by atoms with Gasteiger partial charge in [0.1, 0.15) is 11.8 Å². The van der Waals surface area contributed by atoms with Crippen LogP contribution in [0.5, 0.6) is 5.75 Å². The van der Waals surface area contributed by atoms with Crippen LogP contribution in [0.4, 0.5) is 5.69 Å². The van der Waals surface area contributed by atoms with Gasteiger partial charge in [-0.05, 0) is 57.5 Å². The topological polar surface area (TPSA) is 120 Å². The number of hydrogen-bond acceptors (Lipinski definition) is 7. The van der Waals surface area contributed by atoms with E-state index in [4.69, 9.17) is 4.74 Å². The summed E-state index contributed by atoms with van der Waals surface area (Å²) in [5, 5.41) is 13.0. The highest BCUT2D eigenvalue weighted by Crippen LogP contribution is 2.30. The van der Waals surface area contributed by atoms with Crippen molar-refractivity contribution in [2.24, 2.45) is 0 Å². The number of hydrazine groups is 1. The van der Waals surface area contributed by atoms with Gasteiger partial charge in [-0.25, -0.2) is 19.3 Å². The molecule has 2 fully saturated rings. The summed E-state index contributed by atoms with van der Waals surface area (Å²) in [7, 11) is -3.64. The van der Waals surface area contributed by atoms with Gasteiger partial charge in [0, 0.05) is 24.3 Å². The molecule has 2 saturated heterocycles. The predicted octanol–water partition coefficient (Wildman–Crippen LogP) is 2.04. The molecule has 9 nitrogen and oxygen atoms in total. The summed E-state index contributed by atoms with van der Waals surface area (Å²) in [6.07, 6.45) is 0.128. The summed E-state index contributed by atoms with van der Waals surface area (Å²) >= 11 is 0. The molecular weight excluding hydrogens is 444 g/mol. The van der Waals surface area contributed by atoms with E-state index in [9.17, 15) is 18.3 Å². The first kappa shape index (κ1) is 23.7. The number of anilines is 1. The SMILES string of the molecule is Cc1ccc(O)c(C2CC(C(=O)Nc3ccc(S(=O)(=O)N4CC(C)OC(C)C4)cc3)NN2)c1. The number of nitrogens with zero attached hydrogens (tertiary/aromatic N) is 1. The molecule has 0 saturated carbocycles. The molecule has 10 heteroatoms. The van der Waals surface area contributed by atoms with Gasteiger partial charge in [0.15, 0.2) is 0 Å². The Morgan fingerprint density at radius 3 is 2.42 bits per heavy atom. The first-order valence-electron chi connectivity index (χ1n) is 11.0. The average molecular weight is 475 g/mol. The van der Waals surface area contributed by atoms with Crippen LogP contribution in [0.3, 0.4) is 0 Å². The zero-order valence-corrected chi connectivity index (χ0v) is 19.7. The zero-order valence-electron chi connectivity index (χ0n) is 18.9. The van der Waals surface area contributed by atoms with Gasteiger partial charge in [0.2, 0.25) is 15.9 Å². The van der Waals surface area contributed by atoms with Crippen molar-refractivity contribution < 1.29 is 23.1 Å². The number of ether oxygens (including phenoxy) is 1. The minimum atomic E-state index is -3.64. The fourth-order valence-electron chi connectivity index (χ4n) is 4.30. The summed E-state index contributed by atoms with van der Waals surface area (Å²) in [5.41, 5.74) is 8.30. The van der Waals surface area contributed by atoms with Crippen LogP contribution in [0.25, 0.3) is 0 Å². The van der Waals surface area contributed by atoms with E-state index >= 15 is 0 Å². The smallest absolute Gasteiger partial charge is 0.243 e. The van der Waals surface area contributed by atoms with Gasteiger partial charge >= 0.3 is 0 Å². The molecule has 33 heavy (non-hydrogen) atoms. The van der Waals surface area contributed by atoms with Crippen LogP contribution in [-0.2, 0) is 19.6 Å². The summed E-state index contributed by atoms with van der Waals surface area (Å²) in [6, 6.07) is 10.8. The molecule has 4 unspecified atom stereocenters. The summed E-state index contributed by atoms with van der Waals surface area (Å²) in [5.74, 6) is -0.0645. The Bertz CT molecular complexity index is 1110. The number of phenolic OH excluding ortho intramolecular Hbond substituents is 1. The number of nitrogens with one attached hydrogen (secondary N) is 3. The van der Waals surface area contributed by atoms with Gasteiger partial charge in [-0.15, -0.1) is 0 Å². The van der Waals surface area contributed by atoms with Crippen LogP contribution < -0.4 is 16.2 Å². The van der Waals surface area contributed by atoms with Gasteiger partial charge in [0.25, 0.3) is 0 Å². The van der Waals surface area contributed by atoms with E-state index in [-0.39, 0.29) is 34.8 Å². The lowest BCUT2D eigenvalue weighted by atomic mass is 9.99. The van der Waals surface area contributed by atoms with E-state index in [0.717, 1.165) is 11.1 Å². The molecule has 178 valence electrons. The van der Waals surface area contributed by atoms with Crippen molar-refractivity contribution in [2.75, 3.05) is 18.4 Å². The maximum absolute atomic E-state index is 13.0. The number of sulfonamides is 1. The molecule has 4 N–H and O–H groups in total. The number of rotatable bonds is 5. The molecule has 0 spiro atoms. The van der Waals surface area contributed by atoms with Crippen molar-refractivity contribution in [2.45, 2.75) is 56.4 Å². The number of phenols is 1. The van der Waals surface area contributed by atoms with Crippen molar-refractivity contribution in [1.82, 2.24) is 15.2 Å². The van der Waals surface area contributed by atoms with E-state index in [1.807, 2.05) is 32.9 Å². The van der Waals surface area contributed by atoms with Crippen molar-refractivity contribution in [3.63, 3.8) is 0 Å². The first-order chi connectivity index (χ1) is 15.6. The lowest BCUT2D eigenvalue weighted by Crippen LogP contribution is -2.48. The fourth-order valence-corrected chi connectivity index (χ4v) is 5.89. The van der Waals surface area contributed by atoms with Gasteiger partial charge in [0.05, 0.1) is 23.1 Å². The first-order valence-corrected chi connectivity index (χ1v) is 12.4. The van der Waals surface area contributed by atoms with Crippen molar-refractivity contribution >= 4 is 21.6 Å². The molecule has 2 aromatic carbocycles.